The molecule has 1 rings (SSSR count). The number of nitrogens with zero attached hydrogens (tertiary/aromatic N) is 2. The van der Waals surface area contributed by atoms with Gasteiger partial charge < -0.3 is 9.73 Å². The molecule has 1 aromatic rings. The minimum absolute atomic E-state index is 0.211. The van der Waals surface area contributed by atoms with E-state index >= 15 is 0 Å². The molecule has 4 nitrogen and oxygen atoms in total. The second kappa shape index (κ2) is 6.56. The van der Waals surface area contributed by atoms with E-state index in [-0.39, 0.29) is 6.04 Å². The van der Waals surface area contributed by atoms with Gasteiger partial charge in [0.2, 0.25) is 11.8 Å². The largest absolute Gasteiger partial charge is 0.424 e. The van der Waals surface area contributed by atoms with Crippen LogP contribution in [0.5, 0.6) is 0 Å². The van der Waals surface area contributed by atoms with Crippen LogP contribution in [0.25, 0.3) is 0 Å². The third-order valence-corrected chi connectivity index (χ3v) is 2.29. The molecule has 86 valence electrons. The Kier molecular flexibility index (Phi) is 5.32. The van der Waals surface area contributed by atoms with Gasteiger partial charge in [-0.3, -0.25) is 0 Å². The Hall–Kier alpha value is -0.900. The molecule has 1 heterocycles. The fourth-order valence-corrected chi connectivity index (χ4v) is 1.45. The van der Waals surface area contributed by atoms with Crippen molar-refractivity contribution < 1.29 is 4.42 Å². The van der Waals surface area contributed by atoms with Gasteiger partial charge in [-0.2, -0.15) is 0 Å². The van der Waals surface area contributed by atoms with Gasteiger partial charge in [0, 0.05) is 6.42 Å². The van der Waals surface area contributed by atoms with Crippen molar-refractivity contribution in [3.63, 3.8) is 0 Å². The summed E-state index contributed by atoms with van der Waals surface area (Å²) in [5.41, 5.74) is 0. The van der Waals surface area contributed by atoms with Gasteiger partial charge in [0.05, 0.1) is 6.04 Å². The van der Waals surface area contributed by atoms with Crippen molar-refractivity contribution in [2.24, 2.45) is 0 Å². The first-order valence-electron chi connectivity index (χ1n) is 5.87. The maximum Gasteiger partial charge on any atom is 0.233 e. The quantitative estimate of drug-likeness (QED) is 0.752. The molecular weight excluding hydrogens is 190 g/mol. The molecule has 0 radical (unpaired) electrons. The van der Waals surface area contributed by atoms with E-state index < -0.39 is 0 Å². The van der Waals surface area contributed by atoms with Crippen LogP contribution in [0, 0.1) is 0 Å². The lowest BCUT2D eigenvalue weighted by atomic mass is 10.2. The van der Waals surface area contributed by atoms with E-state index in [4.69, 9.17) is 4.42 Å². The molecule has 1 N–H and O–H groups in total. The minimum Gasteiger partial charge on any atom is -0.424 e. The van der Waals surface area contributed by atoms with Crippen molar-refractivity contribution in [3.8, 4) is 0 Å². The fraction of sp³-hybridized carbons (Fsp3) is 0.818. The first-order chi connectivity index (χ1) is 7.31. The predicted octanol–water partition coefficient (Wildman–Crippen LogP) is 2.47. The fourth-order valence-electron chi connectivity index (χ4n) is 1.45. The lowest BCUT2D eigenvalue weighted by Crippen LogP contribution is -2.21. The van der Waals surface area contributed by atoms with Gasteiger partial charge in [-0.25, -0.2) is 0 Å². The van der Waals surface area contributed by atoms with Crippen LogP contribution in [-0.4, -0.2) is 16.7 Å². The van der Waals surface area contributed by atoms with Gasteiger partial charge in [-0.05, 0) is 25.8 Å². The van der Waals surface area contributed by atoms with E-state index in [1.165, 1.54) is 0 Å². The lowest BCUT2D eigenvalue weighted by molar-refractivity contribution is 0.372. The zero-order valence-electron chi connectivity index (χ0n) is 9.92. The topological polar surface area (TPSA) is 51.0 Å². The number of aryl methyl sites for hydroxylation is 1. The number of hydrogen-bond donors (Lipinski definition) is 1. The average molecular weight is 211 g/mol. The Balaban J connectivity index is 2.57. The Labute approximate surface area is 91.5 Å². The molecule has 0 amide bonds. The van der Waals surface area contributed by atoms with E-state index in [1.54, 1.807) is 0 Å². The van der Waals surface area contributed by atoms with Crippen molar-refractivity contribution in [1.82, 2.24) is 15.5 Å². The summed E-state index contributed by atoms with van der Waals surface area (Å²) in [6.07, 6.45) is 4.01. The van der Waals surface area contributed by atoms with Crippen molar-refractivity contribution in [2.45, 2.75) is 52.5 Å². The maximum absolute atomic E-state index is 5.59. The smallest absolute Gasteiger partial charge is 0.233 e. The van der Waals surface area contributed by atoms with Crippen LogP contribution in [0.2, 0.25) is 0 Å². The highest BCUT2D eigenvalue weighted by atomic mass is 16.4. The minimum atomic E-state index is 0.211. The Morgan fingerprint density at radius 1 is 1.20 bits per heavy atom. The molecular formula is C11H21N3O. The molecule has 0 spiro atoms. The van der Waals surface area contributed by atoms with E-state index in [2.05, 4.69) is 36.3 Å². The molecule has 4 heteroatoms. The highest BCUT2D eigenvalue weighted by Gasteiger charge is 2.15. The number of hydrogen-bond acceptors (Lipinski definition) is 4. The van der Waals surface area contributed by atoms with Gasteiger partial charge in [0.1, 0.15) is 0 Å². The summed E-state index contributed by atoms with van der Waals surface area (Å²) in [7, 11) is 0. The normalized spacial score (nSPS) is 13.0. The molecule has 0 saturated carbocycles. The van der Waals surface area contributed by atoms with Crippen molar-refractivity contribution in [2.75, 3.05) is 6.54 Å². The second-order valence-corrected chi connectivity index (χ2v) is 3.70. The summed E-state index contributed by atoms with van der Waals surface area (Å²) >= 11 is 0. The van der Waals surface area contributed by atoms with E-state index in [1.807, 2.05) is 0 Å². The van der Waals surface area contributed by atoms with Gasteiger partial charge in [-0.15, -0.1) is 10.2 Å². The molecule has 0 fully saturated rings. The van der Waals surface area contributed by atoms with Crippen LogP contribution in [-0.2, 0) is 6.42 Å². The standard InChI is InChI=1S/C11H21N3O/c1-4-7-10-13-14-11(15-10)9(6-3)12-8-5-2/h9,12H,4-8H2,1-3H3. The molecule has 0 bridgehead atoms. The van der Waals surface area contributed by atoms with Crippen LogP contribution in [0.4, 0.5) is 0 Å². The van der Waals surface area contributed by atoms with Crippen LogP contribution < -0.4 is 5.32 Å². The number of aromatic nitrogens is 2. The molecule has 0 saturated heterocycles. The maximum atomic E-state index is 5.59. The van der Waals surface area contributed by atoms with Crippen molar-refractivity contribution in [3.05, 3.63) is 11.8 Å². The summed E-state index contributed by atoms with van der Waals surface area (Å²) in [5.74, 6) is 1.48. The van der Waals surface area contributed by atoms with Gasteiger partial charge in [-0.1, -0.05) is 20.8 Å². The Morgan fingerprint density at radius 3 is 2.60 bits per heavy atom. The summed E-state index contributed by atoms with van der Waals surface area (Å²) in [5, 5.41) is 11.5. The summed E-state index contributed by atoms with van der Waals surface area (Å²) < 4.78 is 5.59. The summed E-state index contributed by atoms with van der Waals surface area (Å²) in [4.78, 5) is 0. The molecule has 0 aromatic carbocycles. The molecule has 1 atom stereocenters. The van der Waals surface area contributed by atoms with Gasteiger partial charge in [0.25, 0.3) is 0 Å². The highest BCUT2D eigenvalue weighted by molar-refractivity contribution is 4.89. The Morgan fingerprint density at radius 2 is 2.00 bits per heavy atom. The second-order valence-electron chi connectivity index (χ2n) is 3.70. The molecule has 0 aliphatic rings. The van der Waals surface area contributed by atoms with E-state index in [9.17, 15) is 0 Å². The monoisotopic (exact) mass is 211 g/mol. The SMILES string of the molecule is CCCNC(CC)c1nnc(CCC)o1. The van der Waals surface area contributed by atoms with Crippen LogP contribution in [0.15, 0.2) is 4.42 Å². The zero-order chi connectivity index (χ0) is 11.1. The first kappa shape index (κ1) is 12.2. The van der Waals surface area contributed by atoms with Crippen molar-refractivity contribution in [1.29, 1.82) is 0 Å². The van der Waals surface area contributed by atoms with E-state index in [0.717, 1.165) is 44.0 Å². The summed E-state index contributed by atoms with van der Waals surface area (Å²) in [6, 6.07) is 0.211. The average Bonchev–Trinajstić information content (AvgIpc) is 2.68. The zero-order valence-corrected chi connectivity index (χ0v) is 9.92. The molecule has 1 unspecified atom stereocenters. The molecule has 1 aromatic heterocycles. The van der Waals surface area contributed by atoms with Gasteiger partial charge >= 0.3 is 0 Å². The number of rotatable bonds is 7. The third kappa shape index (κ3) is 3.63. The predicted molar refractivity (Wildman–Crippen MR) is 59.6 cm³/mol. The van der Waals surface area contributed by atoms with Crippen LogP contribution in [0.1, 0.15) is 57.9 Å². The molecule has 0 aliphatic heterocycles. The van der Waals surface area contributed by atoms with E-state index in [0.29, 0.717) is 0 Å². The first-order valence-corrected chi connectivity index (χ1v) is 5.87. The van der Waals surface area contributed by atoms with Crippen LogP contribution in [0.3, 0.4) is 0 Å². The lowest BCUT2D eigenvalue weighted by Gasteiger charge is -2.11. The van der Waals surface area contributed by atoms with Gasteiger partial charge in [0.15, 0.2) is 0 Å². The molecule has 0 aliphatic carbocycles. The number of nitrogens with one attached hydrogen (secondary N) is 1. The van der Waals surface area contributed by atoms with Crippen LogP contribution >= 0.6 is 0 Å². The van der Waals surface area contributed by atoms with Crippen molar-refractivity contribution >= 4 is 0 Å². The Bertz CT molecular complexity index is 273. The molecule has 15 heavy (non-hydrogen) atoms. The summed E-state index contributed by atoms with van der Waals surface area (Å²) in [6.45, 7) is 7.37. The third-order valence-electron chi connectivity index (χ3n) is 2.29. The highest BCUT2D eigenvalue weighted by Crippen LogP contribution is 2.15.